The maximum absolute atomic E-state index is 6.52. The summed E-state index contributed by atoms with van der Waals surface area (Å²) < 4.78 is 15.2. The van der Waals surface area contributed by atoms with Crippen LogP contribution >= 0.6 is 11.3 Å². The molecule has 0 unspecified atom stereocenters. The van der Waals surface area contributed by atoms with Crippen molar-refractivity contribution in [1.82, 2.24) is 0 Å². The van der Waals surface area contributed by atoms with Crippen molar-refractivity contribution in [2.45, 2.75) is 0 Å². The summed E-state index contributed by atoms with van der Waals surface area (Å²) in [5.41, 5.74) is 7.46. The molecule has 10 rings (SSSR count). The molecule has 3 heteroatoms. The Kier molecular flexibility index (Phi) is 4.63. The first-order chi connectivity index (χ1) is 21.3. The van der Waals surface area contributed by atoms with Gasteiger partial charge in [-0.2, -0.15) is 0 Å². The fourth-order valence-electron chi connectivity index (χ4n) is 7.18. The van der Waals surface area contributed by atoms with Gasteiger partial charge in [0.15, 0.2) is 0 Å². The third kappa shape index (κ3) is 3.12. The van der Waals surface area contributed by atoms with Gasteiger partial charge in [-0.25, -0.2) is 0 Å². The number of benzene rings is 7. The first kappa shape index (κ1) is 23.2. The van der Waals surface area contributed by atoms with E-state index in [-0.39, 0.29) is 0 Å². The first-order valence-corrected chi connectivity index (χ1v) is 15.3. The molecule has 0 aliphatic carbocycles. The highest BCUT2D eigenvalue weighted by Gasteiger charge is 2.23. The van der Waals surface area contributed by atoms with E-state index in [1.807, 2.05) is 23.5 Å². The molecule has 200 valence electrons. The van der Waals surface area contributed by atoms with Crippen molar-refractivity contribution in [2.75, 3.05) is 0 Å². The van der Waals surface area contributed by atoms with Crippen molar-refractivity contribution >= 4 is 86.0 Å². The van der Waals surface area contributed by atoms with E-state index in [1.54, 1.807) is 6.26 Å². The van der Waals surface area contributed by atoms with Crippen LogP contribution < -0.4 is 0 Å². The maximum atomic E-state index is 6.52. The van der Waals surface area contributed by atoms with Crippen LogP contribution in [-0.4, -0.2) is 0 Å². The van der Waals surface area contributed by atoms with E-state index in [1.165, 1.54) is 58.4 Å². The summed E-state index contributed by atoms with van der Waals surface area (Å²) in [6.07, 6.45) is 1.76. The molecule has 0 atom stereocenters. The Bertz CT molecular complexity index is 2680. The normalized spacial score (nSPS) is 12.2. The summed E-state index contributed by atoms with van der Waals surface area (Å²) in [5.74, 6) is 0. The average Bonchev–Trinajstić information content (AvgIpc) is 3.78. The van der Waals surface area contributed by atoms with Gasteiger partial charge in [-0.3, -0.25) is 0 Å². The summed E-state index contributed by atoms with van der Waals surface area (Å²) in [6.45, 7) is 0. The Hall–Kier alpha value is -5.38. The molecule has 0 saturated carbocycles. The van der Waals surface area contributed by atoms with Gasteiger partial charge in [-0.05, 0) is 62.5 Å². The van der Waals surface area contributed by atoms with E-state index in [0.29, 0.717) is 0 Å². The Balaban J connectivity index is 1.41. The van der Waals surface area contributed by atoms with Gasteiger partial charge < -0.3 is 8.83 Å². The van der Waals surface area contributed by atoms with E-state index in [0.717, 1.165) is 38.5 Å². The van der Waals surface area contributed by atoms with Gasteiger partial charge in [0.1, 0.15) is 16.7 Å². The highest BCUT2D eigenvalue weighted by molar-refractivity contribution is 7.26. The van der Waals surface area contributed by atoms with Gasteiger partial charge in [0.05, 0.1) is 11.6 Å². The van der Waals surface area contributed by atoms with Crippen molar-refractivity contribution in [3.05, 3.63) is 134 Å². The summed E-state index contributed by atoms with van der Waals surface area (Å²) >= 11 is 1.88. The lowest BCUT2D eigenvalue weighted by atomic mass is 9.84. The molecule has 0 aliphatic heterocycles. The van der Waals surface area contributed by atoms with Gasteiger partial charge >= 0.3 is 0 Å². The lowest BCUT2D eigenvalue weighted by molar-refractivity contribution is 0.615. The van der Waals surface area contributed by atoms with E-state index in [4.69, 9.17) is 8.83 Å². The second kappa shape index (κ2) is 8.57. The lowest BCUT2D eigenvalue weighted by Gasteiger charge is -2.18. The fourth-order valence-corrected chi connectivity index (χ4v) is 8.40. The number of para-hydroxylation sites is 1. The van der Waals surface area contributed by atoms with Crippen LogP contribution in [0.2, 0.25) is 0 Å². The summed E-state index contributed by atoms with van der Waals surface area (Å²) in [4.78, 5) is 0. The molecule has 0 radical (unpaired) electrons. The van der Waals surface area contributed by atoms with Crippen molar-refractivity contribution in [1.29, 1.82) is 0 Å². The van der Waals surface area contributed by atoms with Gasteiger partial charge in [0.2, 0.25) is 0 Å². The third-order valence-corrected chi connectivity index (χ3v) is 10.2. The van der Waals surface area contributed by atoms with Crippen LogP contribution in [-0.2, 0) is 0 Å². The highest BCUT2D eigenvalue weighted by Crippen LogP contribution is 2.50. The number of rotatable bonds is 2. The molecule has 3 aromatic heterocycles. The Morgan fingerprint density at radius 2 is 1.05 bits per heavy atom. The van der Waals surface area contributed by atoms with Gasteiger partial charge in [-0.15, -0.1) is 11.3 Å². The zero-order valence-electron chi connectivity index (χ0n) is 22.9. The van der Waals surface area contributed by atoms with Crippen LogP contribution in [0.15, 0.2) is 142 Å². The van der Waals surface area contributed by atoms with E-state index < -0.39 is 0 Å². The van der Waals surface area contributed by atoms with E-state index in [9.17, 15) is 0 Å². The fraction of sp³-hybridized carbons (Fsp3) is 0. The third-order valence-electron chi connectivity index (χ3n) is 8.95. The summed E-state index contributed by atoms with van der Waals surface area (Å²) in [6, 6.07) is 45.8. The van der Waals surface area contributed by atoms with Crippen molar-refractivity contribution in [2.24, 2.45) is 0 Å². The van der Waals surface area contributed by atoms with E-state index >= 15 is 0 Å². The number of hydrogen-bond acceptors (Lipinski definition) is 3. The monoisotopic (exact) mass is 566 g/mol. The second-order valence-electron chi connectivity index (χ2n) is 11.2. The Labute approximate surface area is 250 Å². The zero-order valence-corrected chi connectivity index (χ0v) is 23.7. The number of furan rings is 2. The lowest BCUT2D eigenvalue weighted by Crippen LogP contribution is -1.91. The van der Waals surface area contributed by atoms with Crippen molar-refractivity contribution in [3.63, 3.8) is 0 Å². The number of fused-ring (bicyclic) bond motifs is 10. The van der Waals surface area contributed by atoms with Gasteiger partial charge in [-0.1, -0.05) is 103 Å². The molecule has 2 nitrogen and oxygen atoms in total. The quantitative estimate of drug-likeness (QED) is 0.195. The minimum absolute atomic E-state index is 0.828. The molecule has 10 aromatic rings. The largest absolute Gasteiger partial charge is 0.464 e. The molecule has 3 heterocycles. The topological polar surface area (TPSA) is 26.3 Å². The predicted molar refractivity (Wildman–Crippen MR) is 182 cm³/mol. The smallest absolute Gasteiger partial charge is 0.147 e. The van der Waals surface area contributed by atoms with Gasteiger partial charge in [0, 0.05) is 36.5 Å². The zero-order chi connectivity index (χ0) is 28.1. The molecule has 43 heavy (non-hydrogen) atoms. The second-order valence-corrected chi connectivity index (χ2v) is 12.2. The SMILES string of the molecule is c1ccc2c(c1)oc1c3ccoc3cc(-c3c4ccccc4c(-c4cccc5c4sc4ccccc45)c4ccccc34)c21. The number of thiophene rings is 1. The van der Waals surface area contributed by atoms with Crippen LogP contribution in [0.4, 0.5) is 0 Å². The molecule has 7 aromatic carbocycles. The van der Waals surface area contributed by atoms with Crippen molar-refractivity contribution < 1.29 is 8.83 Å². The molecule has 0 amide bonds. The molecule has 0 spiro atoms. The van der Waals surface area contributed by atoms with Crippen molar-refractivity contribution in [3.8, 4) is 22.3 Å². The average molecular weight is 567 g/mol. The molecule has 0 saturated heterocycles. The van der Waals surface area contributed by atoms with Crippen LogP contribution in [0.5, 0.6) is 0 Å². The van der Waals surface area contributed by atoms with Crippen LogP contribution in [0, 0.1) is 0 Å². The van der Waals surface area contributed by atoms with Crippen LogP contribution in [0.1, 0.15) is 0 Å². The predicted octanol–water partition coefficient (Wildman–Crippen LogP) is 12.3. The molecule has 0 N–H and O–H groups in total. The molecule has 0 bridgehead atoms. The first-order valence-electron chi connectivity index (χ1n) is 14.5. The summed E-state index contributed by atoms with van der Waals surface area (Å²) in [5, 5.41) is 10.8. The minimum Gasteiger partial charge on any atom is -0.464 e. The Morgan fingerprint density at radius 1 is 0.442 bits per heavy atom. The van der Waals surface area contributed by atoms with E-state index in [2.05, 4.69) is 115 Å². The number of hydrogen-bond donors (Lipinski definition) is 0. The van der Waals surface area contributed by atoms with Crippen LogP contribution in [0.3, 0.4) is 0 Å². The van der Waals surface area contributed by atoms with Crippen LogP contribution in [0.25, 0.3) is 96.9 Å². The molecular weight excluding hydrogens is 545 g/mol. The Morgan fingerprint density at radius 3 is 1.79 bits per heavy atom. The molecule has 0 aliphatic rings. The minimum atomic E-state index is 0.828. The molecule has 0 fully saturated rings. The standard InChI is InChI=1S/C40H22O2S/c1-3-13-26-24(11-1)36(31-17-9-16-28-23-10-6-8-19-35(23)43-40(28)31)25-12-2-4-14-27(25)37(26)32-22-34-30(20-21-41-34)39-38(32)29-15-5-7-18-33(29)42-39/h1-22H. The van der Waals surface area contributed by atoms with Gasteiger partial charge in [0.25, 0.3) is 0 Å². The maximum Gasteiger partial charge on any atom is 0.147 e. The highest BCUT2D eigenvalue weighted by atomic mass is 32.1. The summed E-state index contributed by atoms with van der Waals surface area (Å²) in [7, 11) is 0. The molecular formula is C40H22O2S.